The van der Waals surface area contributed by atoms with E-state index in [-0.39, 0.29) is 24.9 Å². The van der Waals surface area contributed by atoms with Gasteiger partial charge in [0.1, 0.15) is 19.3 Å². The van der Waals surface area contributed by atoms with Gasteiger partial charge in [-0.1, -0.05) is 215 Å². The van der Waals surface area contributed by atoms with Crippen molar-refractivity contribution in [2.24, 2.45) is 0 Å². The molecule has 0 rings (SSSR count). The van der Waals surface area contributed by atoms with Crippen LogP contribution in [0, 0.1) is 0 Å². The monoisotopic (exact) mass is 1030 g/mol. The first-order chi connectivity index (χ1) is 34.9. The maximum atomic E-state index is 13.5. The molecule has 1 amide bonds. The number of phosphoric ester groups is 1. The molecule has 72 heavy (non-hydrogen) atoms. The van der Waals surface area contributed by atoms with E-state index in [0.29, 0.717) is 23.9 Å². The number of amides is 1. The zero-order chi connectivity index (χ0) is 52.9. The molecule has 0 saturated heterocycles. The second-order valence-electron chi connectivity index (χ2n) is 20.8. The van der Waals surface area contributed by atoms with Gasteiger partial charge in [0.25, 0.3) is 7.82 Å². The van der Waals surface area contributed by atoms with Crippen molar-refractivity contribution in [1.82, 2.24) is 5.32 Å². The highest BCUT2D eigenvalue weighted by Gasteiger charge is 2.27. The predicted octanol–water partition coefficient (Wildman–Crippen LogP) is 17.2. The van der Waals surface area contributed by atoms with Gasteiger partial charge in [0.05, 0.1) is 33.8 Å². The first-order valence-corrected chi connectivity index (χ1v) is 30.9. The van der Waals surface area contributed by atoms with Crippen LogP contribution >= 0.6 is 7.82 Å². The predicted molar refractivity (Wildman–Crippen MR) is 307 cm³/mol. The van der Waals surface area contributed by atoms with E-state index in [9.17, 15) is 19.0 Å². The number of allylic oxidation sites excluding steroid dienone is 13. The molecule has 0 heterocycles. The van der Waals surface area contributed by atoms with Crippen molar-refractivity contribution in [3.05, 3.63) is 85.1 Å². The summed E-state index contributed by atoms with van der Waals surface area (Å²) in [7, 11) is 1.15. The lowest BCUT2D eigenvalue weighted by molar-refractivity contribution is -0.870. The van der Waals surface area contributed by atoms with E-state index < -0.39 is 26.6 Å². The number of nitrogens with zero attached hydrogens (tertiary/aromatic N) is 1. The number of hydrogen-bond donors (Lipinski definition) is 1. The normalized spacial score (nSPS) is 14.4. The third kappa shape index (κ3) is 52.1. The molecular weight excluding hydrogens is 916 g/mol. The van der Waals surface area contributed by atoms with Gasteiger partial charge in [0, 0.05) is 12.8 Å². The Kier molecular flexibility index (Phi) is 49.6. The summed E-state index contributed by atoms with van der Waals surface area (Å²) >= 11 is 0. The number of carbonyl (C=O) groups is 2. The number of esters is 1. The summed E-state index contributed by atoms with van der Waals surface area (Å²) < 4.78 is 30.2. The standard InChI is InChI=1S/C62H111N2O7P/c1-7-10-13-16-19-22-25-28-30-31-32-33-35-37-40-43-46-49-52-55-62(66)71-60(53-50-47-44-41-38-27-24-21-18-15-12-9-3)59(58-70-72(67,68)69-57-56-64(4,5)6)63-61(65)54-51-48-45-42-39-36-34-29-26-23-20-17-14-11-8-2/h19-20,22-23,26,28-30,32-33,37,40,50,53,59-60H,7-18,21,24-25,27,31,34-36,38-39,41-49,51-52,54-58H2,1-6H3,(H-,63,65,67,68)/b22-19-,23-20+,29-26+,30-28-,33-32-,40-37-,53-50+. The van der Waals surface area contributed by atoms with Crippen LogP contribution in [0.2, 0.25) is 0 Å². The Morgan fingerprint density at radius 2 is 0.889 bits per heavy atom. The first-order valence-electron chi connectivity index (χ1n) is 29.4. The molecule has 0 bridgehead atoms. The number of rotatable bonds is 52. The number of phosphoric acid groups is 1. The van der Waals surface area contributed by atoms with Gasteiger partial charge in [-0.3, -0.25) is 14.2 Å². The van der Waals surface area contributed by atoms with E-state index in [1.54, 1.807) is 0 Å². The SMILES string of the molecule is CCCCC/C=C\C/C=C\C/C=C\C/C=C\CCCCCC(=O)OC(/C=C/CCCCCCCCCCCC)C(COP(=O)([O-])OCC[N+](C)(C)C)NC(=O)CCCCCCCC/C=C/C=C/CCCCC. The summed E-state index contributed by atoms with van der Waals surface area (Å²) in [6.45, 7) is 6.74. The van der Waals surface area contributed by atoms with Gasteiger partial charge >= 0.3 is 5.97 Å². The summed E-state index contributed by atoms with van der Waals surface area (Å²) in [5.41, 5.74) is 0. The van der Waals surface area contributed by atoms with Gasteiger partial charge in [-0.05, 0) is 102 Å². The Labute approximate surface area is 444 Å². The number of hydrogen-bond acceptors (Lipinski definition) is 7. The molecular formula is C62H111N2O7P. The van der Waals surface area contributed by atoms with Crippen molar-refractivity contribution in [2.75, 3.05) is 40.9 Å². The molecule has 0 aliphatic heterocycles. The van der Waals surface area contributed by atoms with E-state index >= 15 is 0 Å². The third-order valence-electron chi connectivity index (χ3n) is 12.6. The Hall–Kier alpha value is -2.81. The molecule has 0 aromatic heterocycles. The van der Waals surface area contributed by atoms with Crippen molar-refractivity contribution < 1.29 is 37.3 Å². The van der Waals surface area contributed by atoms with Gasteiger partial charge < -0.3 is 28.5 Å². The molecule has 9 nitrogen and oxygen atoms in total. The average Bonchev–Trinajstić information content (AvgIpc) is 3.34. The molecule has 0 aromatic rings. The van der Waals surface area contributed by atoms with Crippen LogP contribution in [0.25, 0.3) is 0 Å². The molecule has 0 aliphatic rings. The Morgan fingerprint density at radius 3 is 1.39 bits per heavy atom. The van der Waals surface area contributed by atoms with Gasteiger partial charge in [0.2, 0.25) is 5.91 Å². The highest BCUT2D eigenvalue weighted by molar-refractivity contribution is 7.45. The summed E-state index contributed by atoms with van der Waals surface area (Å²) in [5.74, 6) is -0.594. The number of unbranched alkanes of at least 4 members (excludes halogenated alkanes) is 25. The van der Waals surface area contributed by atoms with Crippen molar-refractivity contribution in [1.29, 1.82) is 0 Å². The van der Waals surface area contributed by atoms with E-state index in [0.717, 1.165) is 109 Å². The molecule has 416 valence electrons. The minimum atomic E-state index is -4.71. The smallest absolute Gasteiger partial charge is 0.306 e. The second kappa shape index (κ2) is 51.7. The highest BCUT2D eigenvalue weighted by atomic mass is 31.2. The maximum Gasteiger partial charge on any atom is 0.306 e. The summed E-state index contributed by atoms with van der Waals surface area (Å²) in [5, 5.41) is 3.01. The fourth-order valence-electron chi connectivity index (χ4n) is 7.97. The summed E-state index contributed by atoms with van der Waals surface area (Å²) in [6, 6.07) is -0.911. The lowest BCUT2D eigenvalue weighted by Crippen LogP contribution is -2.47. The fourth-order valence-corrected chi connectivity index (χ4v) is 8.69. The molecule has 0 aliphatic carbocycles. The Bertz CT molecular complexity index is 1510. The second-order valence-corrected chi connectivity index (χ2v) is 22.2. The molecule has 0 aromatic carbocycles. The maximum absolute atomic E-state index is 13.5. The van der Waals surface area contributed by atoms with Crippen LogP contribution in [-0.4, -0.2) is 69.4 Å². The first kappa shape index (κ1) is 69.2. The van der Waals surface area contributed by atoms with Crippen LogP contribution in [-0.2, 0) is 27.9 Å². The molecule has 0 saturated carbocycles. The van der Waals surface area contributed by atoms with Crippen LogP contribution < -0.4 is 10.2 Å². The molecule has 3 atom stereocenters. The van der Waals surface area contributed by atoms with Crippen LogP contribution in [0.1, 0.15) is 245 Å². The lowest BCUT2D eigenvalue weighted by atomic mass is 10.0. The highest BCUT2D eigenvalue weighted by Crippen LogP contribution is 2.38. The Balaban J connectivity index is 5.41. The van der Waals surface area contributed by atoms with E-state index in [1.165, 1.54) is 96.3 Å². The van der Waals surface area contributed by atoms with Gasteiger partial charge in [-0.2, -0.15) is 0 Å². The van der Waals surface area contributed by atoms with Crippen molar-refractivity contribution in [3.63, 3.8) is 0 Å². The molecule has 3 unspecified atom stereocenters. The van der Waals surface area contributed by atoms with Gasteiger partial charge in [-0.25, -0.2) is 0 Å². The number of carbonyl (C=O) groups excluding carboxylic acids is 2. The molecule has 0 spiro atoms. The molecule has 0 fully saturated rings. The molecule has 1 N–H and O–H groups in total. The van der Waals surface area contributed by atoms with Gasteiger partial charge in [-0.15, -0.1) is 0 Å². The van der Waals surface area contributed by atoms with Crippen LogP contribution in [0.5, 0.6) is 0 Å². The zero-order valence-corrected chi connectivity index (χ0v) is 48.3. The number of nitrogens with one attached hydrogen (secondary N) is 1. The minimum Gasteiger partial charge on any atom is -0.756 e. The van der Waals surface area contributed by atoms with Crippen LogP contribution in [0.3, 0.4) is 0 Å². The quantitative estimate of drug-likeness (QED) is 0.0161. The van der Waals surface area contributed by atoms with Crippen molar-refractivity contribution in [3.8, 4) is 0 Å². The molecule has 0 radical (unpaired) electrons. The minimum absolute atomic E-state index is 0.0336. The van der Waals surface area contributed by atoms with E-state index in [1.807, 2.05) is 33.3 Å². The average molecular weight is 1030 g/mol. The number of likely N-dealkylation sites (N-methyl/N-ethyl adjacent to an activating group) is 1. The molecule has 10 heteroatoms. The third-order valence-corrected chi connectivity index (χ3v) is 13.5. The summed E-state index contributed by atoms with van der Waals surface area (Å²) in [4.78, 5) is 39.9. The number of quaternary nitrogens is 1. The fraction of sp³-hybridized carbons (Fsp3) is 0.742. The lowest BCUT2D eigenvalue weighted by Gasteiger charge is -2.30. The number of ether oxygens (including phenoxy) is 1. The van der Waals surface area contributed by atoms with E-state index in [2.05, 4.69) is 99.0 Å². The topological polar surface area (TPSA) is 114 Å². The largest absolute Gasteiger partial charge is 0.756 e. The Morgan fingerprint density at radius 1 is 0.500 bits per heavy atom. The van der Waals surface area contributed by atoms with Crippen LogP contribution in [0.4, 0.5) is 0 Å². The zero-order valence-electron chi connectivity index (χ0n) is 47.4. The van der Waals surface area contributed by atoms with Gasteiger partial charge in [0.15, 0.2) is 0 Å². The van der Waals surface area contributed by atoms with Crippen LogP contribution in [0.15, 0.2) is 85.1 Å². The van der Waals surface area contributed by atoms with Crippen molar-refractivity contribution >= 4 is 19.7 Å². The van der Waals surface area contributed by atoms with E-state index in [4.69, 9.17) is 13.8 Å². The summed E-state index contributed by atoms with van der Waals surface area (Å²) in [6.07, 6.45) is 66.8. The van der Waals surface area contributed by atoms with Crippen molar-refractivity contribution in [2.45, 2.75) is 258 Å².